The third-order valence-corrected chi connectivity index (χ3v) is 4.23. The van der Waals surface area contributed by atoms with Crippen molar-refractivity contribution in [2.75, 3.05) is 13.1 Å². The van der Waals surface area contributed by atoms with Crippen LogP contribution >= 0.6 is 0 Å². The van der Waals surface area contributed by atoms with Gasteiger partial charge in [0.2, 0.25) is 0 Å². The molecular weight excluding hydrogens is 342 g/mol. The summed E-state index contributed by atoms with van der Waals surface area (Å²) in [4.78, 5) is 29.0. The van der Waals surface area contributed by atoms with E-state index >= 15 is 0 Å². The second-order valence-electron chi connectivity index (χ2n) is 6.59. The fraction of sp³-hybridized carbons (Fsp3) is 0.300. The Labute approximate surface area is 157 Å². The molecule has 7 heteroatoms. The van der Waals surface area contributed by atoms with Crippen LogP contribution in [0, 0.1) is 6.92 Å². The number of pyridine rings is 1. The molecule has 0 aliphatic rings. The smallest absolute Gasteiger partial charge is 0.253 e. The predicted octanol–water partition coefficient (Wildman–Crippen LogP) is 2.48. The molecule has 140 valence electrons. The van der Waals surface area contributed by atoms with Gasteiger partial charge in [0, 0.05) is 30.1 Å². The number of nitrogens with one attached hydrogen (secondary N) is 2. The second-order valence-corrected chi connectivity index (χ2v) is 6.59. The zero-order chi connectivity index (χ0) is 19.4. The lowest BCUT2D eigenvalue weighted by molar-refractivity contribution is 0.0927. The monoisotopic (exact) mass is 365 g/mol. The highest BCUT2D eigenvalue weighted by Gasteiger charge is 2.15. The molecule has 0 bridgehead atoms. The van der Waals surface area contributed by atoms with E-state index in [-0.39, 0.29) is 17.9 Å². The molecule has 3 aromatic rings. The average molecular weight is 365 g/mol. The molecule has 2 amide bonds. The molecule has 27 heavy (non-hydrogen) atoms. The normalized spacial score (nSPS) is 11.0. The summed E-state index contributed by atoms with van der Waals surface area (Å²) in [5.74, 6) is -0.377. The largest absolute Gasteiger partial charge is 0.350 e. The maximum atomic E-state index is 12.5. The molecule has 0 fully saturated rings. The van der Waals surface area contributed by atoms with Gasteiger partial charge in [-0.25, -0.2) is 9.67 Å². The summed E-state index contributed by atoms with van der Waals surface area (Å²) < 4.78 is 1.84. The van der Waals surface area contributed by atoms with Crippen LogP contribution in [0.3, 0.4) is 0 Å². The van der Waals surface area contributed by atoms with Crippen LogP contribution in [0.4, 0.5) is 0 Å². The van der Waals surface area contributed by atoms with Gasteiger partial charge in [-0.05, 0) is 39.0 Å². The van der Waals surface area contributed by atoms with Crippen molar-refractivity contribution >= 4 is 22.8 Å². The van der Waals surface area contributed by atoms with Crippen molar-refractivity contribution in [3.05, 3.63) is 59.4 Å². The van der Waals surface area contributed by atoms with Gasteiger partial charge >= 0.3 is 0 Å². The van der Waals surface area contributed by atoms with E-state index in [1.165, 1.54) is 0 Å². The summed E-state index contributed by atoms with van der Waals surface area (Å²) in [6.07, 6.45) is 1.72. The van der Waals surface area contributed by atoms with Crippen LogP contribution in [0.5, 0.6) is 0 Å². The first-order chi connectivity index (χ1) is 13.0. The number of benzene rings is 1. The van der Waals surface area contributed by atoms with Gasteiger partial charge in [0.05, 0.1) is 17.5 Å². The zero-order valence-electron chi connectivity index (χ0n) is 15.7. The summed E-state index contributed by atoms with van der Waals surface area (Å²) in [6, 6.07) is 11.0. The Morgan fingerprint density at radius 3 is 2.41 bits per heavy atom. The molecule has 0 saturated carbocycles. The highest BCUT2D eigenvalue weighted by Crippen LogP contribution is 2.19. The topological polar surface area (TPSA) is 88.9 Å². The second kappa shape index (κ2) is 7.99. The number of aromatic nitrogens is 3. The molecule has 2 N–H and O–H groups in total. The Morgan fingerprint density at radius 1 is 1.07 bits per heavy atom. The fourth-order valence-corrected chi connectivity index (χ4v) is 2.81. The summed E-state index contributed by atoms with van der Waals surface area (Å²) in [6.45, 7) is 6.56. The van der Waals surface area contributed by atoms with Gasteiger partial charge in [-0.1, -0.05) is 18.2 Å². The van der Waals surface area contributed by atoms with Crippen LogP contribution in [0.25, 0.3) is 11.0 Å². The number of aryl methyl sites for hydroxylation is 1. The summed E-state index contributed by atoms with van der Waals surface area (Å²) >= 11 is 0. The fourth-order valence-electron chi connectivity index (χ4n) is 2.81. The standard InChI is InChI=1S/C20H23N5O2/c1-13(2)25-18-16(12-23-25)11-17(14(3)24-18)20(27)22-10-9-21-19(26)15-7-5-4-6-8-15/h4-8,11-13H,9-10H2,1-3H3,(H,21,26)(H,22,27). The van der Waals surface area contributed by atoms with E-state index in [2.05, 4.69) is 20.7 Å². The Kier molecular flexibility index (Phi) is 5.49. The molecule has 2 heterocycles. The van der Waals surface area contributed by atoms with Gasteiger partial charge in [-0.2, -0.15) is 5.10 Å². The van der Waals surface area contributed by atoms with Crippen LogP contribution in [0.15, 0.2) is 42.6 Å². The van der Waals surface area contributed by atoms with Crippen LogP contribution in [0.2, 0.25) is 0 Å². The van der Waals surface area contributed by atoms with Crippen LogP contribution in [0.1, 0.15) is 46.3 Å². The molecule has 0 atom stereocenters. The van der Waals surface area contributed by atoms with Gasteiger partial charge in [0.15, 0.2) is 5.65 Å². The van der Waals surface area contributed by atoms with Crippen LogP contribution in [-0.4, -0.2) is 39.7 Å². The first-order valence-electron chi connectivity index (χ1n) is 8.93. The molecule has 0 unspecified atom stereocenters. The minimum Gasteiger partial charge on any atom is -0.350 e. The van der Waals surface area contributed by atoms with Crippen molar-refractivity contribution in [3.63, 3.8) is 0 Å². The van der Waals surface area contributed by atoms with E-state index in [0.29, 0.717) is 29.9 Å². The lowest BCUT2D eigenvalue weighted by atomic mass is 10.1. The van der Waals surface area contributed by atoms with E-state index < -0.39 is 0 Å². The minimum absolute atomic E-state index is 0.162. The first-order valence-corrected chi connectivity index (χ1v) is 8.93. The van der Waals surface area contributed by atoms with Crippen molar-refractivity contribution in [1.29, 1.82) is 0 Å². The number of hydrogen-bond acceptors (Lipinski definition) is 4. The third kappa shape index (κ3) is 4.13. The van der Waals surface area contributed by atoms with Gasteiger partial charge < -0.3 is 10.6 Å². The quantitative estimate of drug-likeness (QED) is 0.657. The first kappa shape index (κ1) is 18.6. The molecule has 0 saturated heterocycles. The van der Waals surface area contributed by atoms with E-state index in [0.717, 1.165) is 11.0 Å². The maximum absolute atomic E-state index is 12.5. The van der Waals surface area contributed by atoms with Crippen LogP contribution in [-0.2, 0) is 0 Å². The van der Waals surface area contributed by atoms with E-state index in [1.54, 1.807) is 24.4 Å². The third-order valence-electron chi connectivity index (χ3n) is 4.23. The van der Waals surface area contributed by atoms with Gasteiger partial charge in [0.1, 0.15) is 0 Å². The lowest BCUT2D eigenvalue weighted by Crippen LogP contribution is -2.35. The van der Waals surface area contributed by atoms with Crippen molar-refractivity contribution in [1.82, 2.24) is 25.4 Å². The van der Waals surface area contributed by atoms with Crippen molar-refractivity contribution in [3.8, 4) is 0 Å². The molecule has 0 spiro atoms. The van der Waals surface area contributed by atoms with Crippen LogP contribution < -0.4 is 10.6 Å². The summed E-state index contributed by atoms with van der Waals surface area (Å²) in [5, 5.41) is 10.8. The molecule has 2 aromatic heterocycles. The number of fused-ring (bicyclic) bond motifs is 1. The van der Waals surface area contributed by atoms with E-state index in [9.17, 15) is 9.59 Å². The molecular formula is C20H23N5O2. The number of amides is 2. The summed E-state index contributed by atoms with van der Waals surface area (Å²) in [7, 11) is 0. The van der Waals surface area contributed by atoms with E-state index in [1.807, 2.05) is 43.7 Å². The Hall–Kier alpha value is -3.22. The number of hydrogen-bond donors (Lipinski definition) is 2. The van der Waals surface area contributed by atoms with Crippen molar-refractivity contribution in [2.45, 2.75) is 26.8 Å². The number of nitrogens with zero attached hydrogens (tertiary/aromatic N) is 3. The number of carbonyl (C=O) groups excluding carboxylic acids is 2. The number of carbonyl (C=O) groups is 2. The highest BCUT2D eigenvalue weighted by atomic mass is 16.2. The Balaban J connectivity index is 1.59. The van der Waals surface area contributed by atoms with Gasteiger partial charge in [-0.15, -0.1) is 0 Å². The highest BCUT2D eigenvalue weighted by molar-refractivity contribution is 5.98. The lowest BCUT2D eigenvalue weighted by Gasteiger charge is -2.10. The number of rotatable bonds is 6. The Bertz CT molecular complexity index is 963. The molecule has 7 nitrogen and oxygen atoms in total. The predicted molar refractivity (Wildman–Crippen MR) is 104 cm³/mol. The van der Waals surface area contributed by atoms with Crippen molar-refractivity contribution in [2.24, 2.45) is 0 Å². The summed E-state index contributed by atoms with van der Waals surface area (Å²) in [5.41, 5.74) is 2.53. The molecule has 0 aliphatic carbocycles. The van der Waals surface area contributed by atoms with Gasteiger partial charge in [0.25, 0.3) is 11.8 Å². The minimum atomic E-state index is -0.215. The van der Waals surface area contributed by atoms with Crippen molar-refractivity contribution < 1.29 is 9.59 Å². The Morgan fingerprint density at radius 2 is 1.74 bits per heavy atom. The van der Waals surface area contributed by atoms with E-state index in [4.69, 9.17) is 0 Å². The molecule has 1 aromatic carbocycles. The molecule has 0 aliphatic heterocycles. The SMILES string of the molecule is Cc1nc2c(cnn2C(C)C)cc1C(=O)NCCNC(=O)c1ccccc1. The molecule has 3 rings (SSSR count). The average Bonchev–Trinajstić information content (AvgIpc) is 3.07. The molecule has 0 radical (unpaired) electrons. The van der Waals surface area contributed by atoms with Gasteiger partial charge in [-0.3, -0.25) is 9.59 Å². The maximum Gasteiger partial charge on any atom is 0.253 e. The zero-order valence-corrected chi connectivity index (χ0v) is 15.7.